The van der Waals surface area contributed by atoms with Crippen LogP contribution in [-0.4, -0.2) is 17.2 Å². The second-order valence-corrected chi connectivity index (χ2v) is 4.54. The lowest BCUT2D eigenvalue weighted by atomic mass is 9.99. The van der Waals surface area contributed by atoms with Gasteiger partial charge in [0, 0.05) is 30.4 Å². The Morgan fingerprint density at radius 2 is 1.68 bits per heavy atom. The van der Waals surface area contributed by atoms with Crippen LogP contribution in [0.1, 0.15) is 17.3 Å². The summed E-state index contributed by atoms with van der Waals surface area (Å²) < 4.78 is 12.8. The zero-order valence-corrected chi connectivity index (χ0v) is 10.8. The first-order valence-electron chi connectivity index (χ1n) is 6.24. The van der Waals surface area contributed by atoms with Gasteiger partial charge in [-0.1, -0.05) is 19.1 Å². The molecule has 0 N–H and O–H groups in total. The van der Waals surface area contributed by atoms with Gasteiger partial charge in [-0.25, -0.2) is 4.39 Å². The maximum Gasteiger partial charge on any atom is 0.167 e. The van der Waals surface area contributed by atoms with Crippen LogP contribution >= 0.6 is 0 Å². The molecular weight excluding hydrogens is 241 g/mol. The standard InChI is InChI=1S/C16H16FNO/c1-13(12-18-10-4-2-3-5-11-18)16(19)14-6-8-15(17)9-7-14/h2-11,13H,12H2,1H3. The molecule has 0 radical (unpaired) electrons. The predicted molar refractivity (Wildman–Crippen MR) is 74.0 cm³/mol. The summed E-state index contributed by atoms with van der Waals surface area (Å²) in [4.78, 5) is 14.2. The summed E-state index contributed by atoms with van der Waals surface area (Å²) in [5.41, 5.74) is 0.551. The van der Waals surface area contributed by atoms with Crippen molar-refractivity contribution in [3.05, 3.63) is 72.4 Å². The van der Waals surface area contributed by atoms with Crippen molar-refractivity contribution in [1.82, 2.24) is 4.90 Å². The third kappa shape index (κ3) is 3.65. The molecule has 1 aromatic carbocycles. The Kier molecular flexibility index (Phi) is 4.29. The molecule has 2 nitrogen and oxygen atoms in total. The van der Waals surface area contributed by atoms with Crippen molar-refractivity contribution in [2.24, 2.45) is 5.92 Å². The first-order valence-corrected chi connectivity index (χ1v) is 6.24. The Labute approximate surface area is 112 Å². The SMILES string of the molecule is CC(CN1C=CC=CC=C1)C(=O)c1ccc(F)cc1. The first-order chi connectivity index (χ1) is 9.16. The normalized spacial score (nSPS) is 15.4. The fourth-order valence-corrected chi connectivity index (χ4v) is 1.92. The van der Waals surface area contributed by atoms with Gasteiger partial charge in [-0.2, -0.15) is 0 Å². The molecule has 0 amide bonds. The van der Waals surface area contributed by atoms with Crippen LogP contribution in [0.15, 0.2) is 61.0 Å². The number of Topliss-reactive ketones (excluding diaryl/α,β-unsaturated/α-hetero) is 1. The molecule has 98 valence electrons. The molecule has 1 atom stereocenters. The van der Waals surface area contributed by atoms with E-state index in [-0.39, 0.29) is 17.5 Å². The average Bonchev–Trinajstić information content (AvgIpc) is 2.67. The molecule has 3 heteroatoms. The monoisotopic (exact) mass is 257 g/mol. The van der Waals surface area contributed by atoms with Gasteiger partial charge in [-0.05, 0) is 36.4 Å². The summed E-state index contributed by atoms with van der Waals surface area (Å²) >= 11 is 0. The van der Waals surface area contributed by atoms with E-state index in [9.17, 15) is 9.18 Å². The van der Waals surface area contributed by atoms with Crippen molar-refractivity contribution in [1.29, 1.82) is 0 Å². The Morgan fingerprint density at radius 1 is 1.11 bits per heavy atom. The highest BCUT2D eigenvalue weighted by atomic mass is 19.1. The molecule has 0 bridgehead atoms. The van der Waals surface area contributed by atoms with Crippen molar-refractivity contribution in [2.75, 3.05) is 6.54 Å². The number of allylic oxidation sites excluding steroid dienone is 4. The molecule has 1 unspecified atom stereocenters. The zero-order chi connectivity index (χ0) is 13.7. The quantitative estimate of drug-likeness (QED) is 0.769. The summed E-state index contributed by atoms with van der Waals surface area (Å²) in [5.74, 6) is -0.453. The van der Waals surface area contributed by atoms with Crippen LogP contribution < -0.4 is 0 Å². The Balaban J connectivity index is 2.01. The maximum absolute atomic E-state index is 12.8. The Bertz CT molecular complexity index is 512. The summed E-state index contributed by atoms with van der Waals surface area (Å²) in [6.45, 7) is 2.48. The van der Waals surface area contributed by atoms with Crippen molar-refractivity contribution < 1.29 is 9.18 Å². The van der Waals surface area contributed by atoms with Crippen LogP contribution in [0.25, 0.3) is 0 Å². The highest BCUT2D eigenvalue weighted by Gasteiger charge is 2.16. The fourth-order valence-electron chi connectivity index (χ4n) is 1.92. The Morgan fingerprint density at radius 3 is 2.26 bits per heavy atom. The number of carbonyl (C=O) groups excluding carboxylic acids is 1. The van der Waals surface area contributed by atoms with E-state index in [2.05, 4.69) is 0 Å². The number of rotatable bonds is 4. The van der Waals surface area contributed by atoms with E-state index in [4.69, 9.17) is 0 Å². The van der Waals surface area contributed by atoms with Crippen molar-refractivity contribution in [2.45, 2.75) is 6.92 Å². The molecular formula is C16H16FNO. The van der Waals surface area contributed by atoms with E-state index in [0.717, 1.165) is 0 Å². The van der Waals surface area contributed by atoms with Crippen LogP contribution in [-0.2, 0) is 0 Å². The van der Waals surface area contributed by atoms with Crippen molar-refractivity contribution >= 4 is 5.78 Å². The van der Waals surface area contributed by atoms with Crippen LogP contribution in [0.2, 0.25) is 0 Å². The maximum atomic E-state index is 12.8. The van der Waals surface area contributed by atoms with Crippen LogP contribution in [0, 0.1) is 11.7 Å². The molecule has 2 rings (SSSR count). The lowest BCUT2D eigenvalue weighted by molar-refractivity contribution is 0.0917. The highest BCUT2D eigenvalue weighted by molar-refractivity contribution is 5.97. The molecule has 1 heterocycles. The summed E-state index contributed by atoms with van der Waals surface area (Å²) in [6, 6.07) is 5.69. The van der Waals surface area contributed by atoms with E-state index in [1.807, 2.05) is 48.5 Å². The molecule has 0 saturated heterocycles. The molecule has 19 heavy (non-hydrogen) atoms. The minimum Gasteiger partial charge on any atom is -0.354 e. The van der Waals surface area contributed by atoms with E-state index < -0.39 is 0 Å². The highest BCUT2D eigenvalue weighted by Crippen LogP contribution is 2.12. The molecule has 0 aliphatic carbocycles. The Hall–Kier alpha value is -2.16. The number of halogens is 1. The largest absolute Gasteiger partial charge is 0.354 e. The summed E-state index contributed by atoms with van der Waals surface area (Å²) in [6.07, 6.45) is 11.6. The lowest BCUT2D eigenvalue weighted by Gasteiger charge is -2.19. The van der Waals surface area contributed by atoms with Crippen molar-refractivity contribution in [3.8, 4) is 0 Å². The van der Waals surface area contributed by atoms with Gasteiger partial charge in [0.25, 0.3) is 0 Å². The lowest BCUT2D eigenvalue weighted by Crippen LogP contribution is -2.24. The second kappa shape index (κ2) is 6.14. The van der Waals surface area contributed by atoms with E-state index in [1.54, 1.807) is 0 Å². The molecule has 1 aliphatic rings. The molecule has 0 aromatic heterocycles. The summed E-state index contributed by atoms with van der Waals surface area (Å²) in [5, 5.41) is 0. The second-order valence-electron chi connectivity index (χ2n) is 4.54. The van der Waals surface area contributed by atoms with Gasteiger partial charge in [0.15, 0.2) is 5.78 Å². The van der Waals surface area contributed by atoms with Gasteiger partial charge < -0.3 is 4.90 Å². The summed E-state index contributed by atoms with van der Waals surface area (Å²) in [7, 11) is 0. The number of carbonyl (C=O) groups is 1. The third-order valence-corrected chi connectivity index (χ3v) is 2.95. The predicted octanol–water partition coefficient (Wildman–Crippen LogP) is 3.54. The molecule has 1 aliphatic heterocycles. The van der Waals surface area contributed by atoms with Crippen LogP contribution in [0.5, 0.6) is 0 Å². The number of nitrogens with zero attached hydrogens (tertiary/aromatic N) is 1. The number of ketones is 1. The van der Waals surface area contributed by atoms with E-state index in [0.29, 0.717) is 12.1 Å². The van der Waals surface area contributed by atoms with Gasteiger partial charge in [-0.15, -0.1) is 0 Å². The van der Waals surface area contributed by atoms with E-state index in [1.165, 1.54) is 24.3 Å². The topological polar surface area (TPSA) is 20.3 Å². The third-order valence-electron chi connectivity index (χ3n) is 2.95. The van der Waals surface area contributed by atoms with Crippen molar-refractivity contribution in [3.63, 3.8) is 0 Å². The zero-order valence-electron chi connectivity index (χ0n) is 10.8. The van der Waals surface area contributed by atoms with Gasteiger partial charge in [0.2, 0.25) is 0 Å². The number of benzene rings is 1. The minimum absolute atomic E-state index is 0.0269. The average molecular weight is 257 g/mol. The van der Waals surface area contributed by atoms with Gasteiger partial charge in [-0.3, -0.25) is 4.79 Å². The number of hydrogen-bond acceptors (Lipinski definition) is 2. The molecule has 0 fully saturated rings. The molecule has 0 spiro atoms. The van der Waals surface area contributed by atoms with Gasteiger partial charge in [0.1, 0.15) is 5.82 Å². The van der Waals surface area contributed by atoms with Crippen LogP contribution in [0.4, 0.5) is 4.39 Å². The van der Waals surface area contributed by atoms with Gasteiger partial charge >= 0.3 is 0 Å². The number of hydrogen-bond donors (Lipinski definition) is 0. The fraction of sp³-hybridized carbons (Fsp3) is 0.188. The van der Waals surface area contributed by atoms with Gasteiger partial charge in [0.05, 0.1) is 0 Å². The minimum atomic E-state index is -0.325. The van der Waals surface area contributed by atoms with E-state index >= 15 is 0 Å². The smallest absolute Gasteiger partial charge is 0.167 e. The first kappa shape index (κ1) is 13.3. The van der Waals surface area contributed by atoms with Crippen LogP contribution in [0.3, 0.4) is 0 Å². The molecule has 1 aromatic rings. The molecule has 0 saturated carbocycles.